The molecule has 0 saturated heterocycles. The van der Waals surface area contributed by atoms with E-state index in [1.54, 1.807) is 0 Å². The maximum Gasteiger partial charge on any atom is 0.0315 e. The molecule has 0 amide bonds. The summed E-state index contributed by atoms with van der Waals surface area (Å²) in [6.07, 6.45) is 5.63. The quantitative estimate of drug-likeness (QED) is 0.785. The third kappa shape index (κ3) is 3.39. The Hall–Kier alpha value is -1.18. The molecule has 0 bridgehead atoms. The molecule has 17 heavy (non-hydrogen) atoms. The molecule has 0 fully saturated rings. The predicted octanol–water partition coefficient (Wildman–Crippen LogP) is 3.30. The number of rotatable bonds is 5. The van der Waals surface area contributed by atoms with Crippen LogP contribution in [-0.4, -0.2) is 24.5 Å². The van der Waals surface area contributed by atoms with Gasteiger partial charge in [-0.1, -0.05) is 18.7 Å². The van der Waals surface area contributed by atoms with Crippen molar-refractivity contribution in [2.24, 2.45) is 5.92 Å². The molecule has 96 valence electrons. The Labute approximate surface area is 106 Å². The molecule has 1 rings (SSSR count). The zero-order chi connectivity index (χ0) is 13.0. The molecule has 0 spiro atoms. The van der Waals surface area contributed by atoms with Crippen LogP contribution in [0.15, 0.2) is 35.7 Å². The van der Waals surface area contributed by atoms with Crippen LogP contribution >= 0.6 is 0 Å². The van der Waals surface area contributed by atoms with E-state index in [1.165, 1.54) is 11.3 Å². The van der Waals surface area contributed by atoms with Gasteiger partial charge in [-0.25, -0.2) is 0 Å². The van der Waals surface area contributed by atoms with Gasteiger partial charge in [-0.05, 0) is 39.7 Å². The van der Waals surface area contributed by atoms with Gasteiger partial charge in [0.15, 0.2) is 0 Å². The summed E-state index contributed by atoms with van der Waals surface area (Å²) >= 11 is 0. The molecule has 2 heteroatoms. The molecule has 1 aliphatic carbocycles. The number of hydrogen-bond donors (Lipinski definition) is 1. The Balaban J connectivity index is 2.91. The van der Waals surface area contributed by atoms with Crippen LogP contribution in [-0.2, 0) is 0 Å². The molecule has 0 aromatic heterocycles. The van der Waals surface area contributed by atoms with E-state index in [4.69, 9.17) is 0 Å². The smallest absolute Gasteiger partial charge is 0.0315 e. The second-order valence-corrected chi connectivity index (χ2v) is 5.04. The standard InChI is InChI=1S/C15H26N2/c1-7-17(6)15-12(4)9-8-10-14(15)13(5)16-11(2)3/h8-9,13-14,16H,2,7,10H2,1,3-6H3/t13-,14?/m1/s1. The van der Waals surface area contributed by atoms with Gasteiger partial charge in [0.2, 0.25) is 0 Å². The average Bonchev–Trinajstić information content (AvgIpc) is 2.26. The monoisotopic (exact) mass is 234 g/mol. The SMILES string of the molecule is C=C(C)N[C@H](C)C1CC=CC(C)=C1N(C)CC. The first kappa shape index (κ1) is 13.9. The van der Waals surface area contributed by atoms with Crippen LogP contribution in [0.2, 0.25) is 0 Å². The maximum absolute atomic E-state index is 3.94. The molecule has 0 aromatic rings. The van der Waals surface area contributed by atoms with Gasteiger partial charge in [0.25, 0.3) is 0 Å². The van der Waals surface area contributed by atoms with E-state index >= 15 is 0 Å². The third-order valence-corrected chi connectivity index (χ3v) is 3.48. The van der Waals surface area contributed by atoms with Crippen molar-refractivity contribution >= 4 is 0 Å². The van der Waals surface area contributed by atoms with Gasteiger partial charge in [0, 0.05) is 36.9 Å². The van der Waals surface area contributed by atoms with Crippen LogP contribution in [0.5, 0.6) is 0 Å². The van der Waals surface area contributed by atoms with Gasteiger partial charge >= 0.3 is 0 Å². The van der Waals surface area contributed by atoms with Crippen LogP contribution in [0, 0.1) is 5.92 Å². The molecule has 0 saturated carbocycles. The van der Waals surface area contributed by atoms with Gasteiger partial charge in [-0.15, -0.1) is 0 Å². The highest BCUT2D eigenvalue weighted by Gasteiger charge is 2.25. The second kappa shape index (κ2) is 5.95. The summed E-state index contributed by atoms with van der Waals surface area (Å²) in [7, 11) is 2.18. The van der Waals surface area contributed by atoms with Gasteiger partial charge in [-0.2, -0.15) is 0 Å². The van der Waals surface area contributed by atoms with Crippen molar-refractivity contribution in [3.8, 4) is 0 Å². The maximum atomic E-state index is 3.94. The summed E-state index contributed by atoms with van der Waals surface area (Å²) in [5.41, 5.74) is 3.90. The van der Waals surface area contributed by atoms with Gasteiger partial charge < -0.3 is 10.2 Å². The van der Waals surface area contributed by atoms with Crippen LogP contribution in [0.25, 0.3) is 0 Å². The molecule has 1 aliphatic rings. The summed E-state index contributed by atoms with van der Waals surface area (Å²) in [6, 6.07) is 0.427. The van der Waals surface area contributed by atoms with E-state index in [2.05, 4.69) is 56.8 Å². The first-order valence-electron chi connectivity index (χ1n) is 6.47. The molecular weight excluding hydrogens is 208 g/mol. The third-order valence-electron chi connectivity index (χ3n) is 3.48. The molecule has 2 nitrogen and oxygen atoms in total. The Morgan fingerprint density at radius 3 is 2.82 bits per heavy atom. The Morgan fingerprint density at radius 1 is 1.65 bits per heavy atom. The van der Waals surface area contributed by atoms with E-state index in [0.717, 1.165) is 18.7 Å². The van der Waals surface area contributed by atoms with Crippen molar-refractivity contribution in [2.75, 3.05) is 13.6 Å². The fraction of sp³-hybridized carbons (Fsp3) is 0.600. The van der Waals surface area contributed by atoms with E-state index in [0.29, 0.717) is 12.0 Å². The van der Waals surface area contributed by atoms with Crippen molar-refractivity contribution < 1.29 is 0 Å². The lowest BCUT2D eigenvalue weighted by Gasteiger charge is -2.36. The summed E-state index contributed by atoms with van der Waals surface area (Å²) in [5, 5.41) is 3.45. The van der Waals surface area contributed by atoms with Crippen molar-refractivity contribution in [3.05, 3.63) is 35.7 Å². The molecular formula is C15H26N2. The highest BCUT2D eigenvalue weighted by molar-refractivity contribution is 5.30. The van der Waals surface area contributed by atoms with Gasteiger partial charge in [0.1, 0.15) is 0 Å². The summed E-state index contributed by atoms with van der Waals surface area (Å²) < 4.78 is 0. The second-order valence-electron chi connectivity index (χ2n) is 5.04. The van der Waals surface area contributed by atoms with Crippen LogP contribution in [0.1, 0.15) is 34.1 Å². The highest BCUT2D eigenvalue weighted by Crippen LogP contribution is 2.30. The Kier molecular flexibility index (Phi) is 4.86. The largest absolute Gasteiger partial charge is 0.386 e. The number of nitrogens with zero attached hydrogens (tertiary/aromatic N) is 1. The topological polar surface area (TPSA) is 15.3 Å². The summed E-state index contributed by atoms with van der Waals surface area (Å²) in [6.45, 7) is 13.7. The van der Waals surface area contributed by atoms with Crippen molar-refractivity contribution in [1.82, 2.24) is 10.2 Å². The zero-order valence-corrected chi connectivity index (χ0v) is 11.9. The number of hydrogen-bond acceptors (Lipinski definition) is 2. The minimum atomic E-state index is 0.427. The first-order valence-corrected chi connectivity index (χ1v) is 6.47. The Bertz CT molecular complexity index is 339. The fourth-order valence-corrected chi connectivity index (χ4v) is 2.57. The fourth-order valence-electron chi connectivity index (χ4n) is 2.57. The van der Waals surface area contributed by atoms with E-state index in [9.17, 15) is 0 Å². The molecule has 0 aliphatic heterocycles. The minimum absolute atomic E-state index is 0.427. The van der Waals surface area contributed by atoms with E-state index in [1.807, 2.05) is 6.92 Å². The molecule has 1 N–H and O–H groups in total. The lowest BCUT2D eigenvalue weighted by atomic mass is 9.86. The molecule has 0 heterocycles. The van der Waals surface area contributed by atoms with Gasteiger partial charge in [0.05, 0.1) is 0 Å². The Morgan fingerprint density at radius 2 is 2.29 bits per heavy atom. The number of allylic oxidation sites excluding steroid dienone is 4. The zero-order valence-electron chi connectivity index (χ0n) is 11.9. The predicted molar refractivity (Wildman–Crippen MR) is 75.7 cm³/mol. The van der Waals surface area contributed by atoms with E-state index in [-0.39, 0.29) is 0 Å². The van der Waals surface area contributed by atoms with E-state index < -0.39 is 0 Å². The molecule has 2 atom stereocenters. The molecule has 0 aromatic carbocycles. The highest BCUT2D eigenvalue weighted by atomic mass is 15.1. The van der Waals surface area contributed by atoms with Crippen LogP contribution < -0.4 is 5.32 Å². The molecule has 0 radical (unpaired) electrons. The van der Waals surface area contributed by atoms with Gasteiger partial charge in [-0.3, -0.25) is 0 Å². The normalized spacial score (nSPS) is 21.4. The van der Waals surface area contributed by atoms with Crippen LogP contribution in [0.3, 0.4) is 0 Å². The lowest BCUT2D eigenvalue weighted by Crippen LogP contribution is -2.38. The average molecular weight is 234 g/mol. The number of nitrogens with one attached hydrogen (secondary N) is 1. The lowest BCUT2D eigenvalue weighted by molar-refractivity contribution is 0.323. The van der Waals surface area contributed by atoms with Crippen molar-refractivity contribution in [1.29, 1.82) is 0 Å². The first-order chi connectivity index (χ1) is 7.97. The minimum Gasteiger partial charge on any atom is -0.386 e. The van der Waals surface area contributed by atoms with Crippen LogP contribution in [0.4, 0.5) is 0 Å². The van der Waals surface area contributed by atoms with Crippen molar-refractivity contribution in [3.63, 3.8) is 0 Å². The summed E-state index contributed by atoms with van der Waals surface area (Å²) in [5.74, 6) is 0.543. The summed E-state index contributed by atoms with van der Waals surface area (Å²) in [4.78, 5) is 2.36. The van der Waals surface area contributed by atoms with Crippen molar-refractivity contribution in [2.45, 2.75) is 40.2 Å². The molecule has 1 unspecified atom stereocenters.